The molecular formula is C22H27N2O3+. The molecule has 2 atom stereocenters. The van der Waals surface area contributed by atoms with Crippen LogP contribution in [-0.4, -0.2) is 30.5 Å². The number of carbonyl (C=O) groups is 2. The zero-order chi connectivity index (χ0) is 19.2. The Kier molecular flexibility index (Phi) is 6.24. The second-order valence-electron chi connectivity index (χ2n) is 7.08. The Hall–Kier alpha value is -2.66. The number of nitrogens with two attached hydrogens (primary N) is 1. The molecule has 0 spiro atoms. The van der Waals surface area contributed by atoms with Crippen molar-refractivity contribution >= 4 is 17.5 Å². The van der Waals surface area contributed by atoms with E-state index in [1.807, 2.05) is 30.4 Å². The molecule has 1 fully saturated rings. The number of hydrogen-bond donors (Lipinski definition) is 1. The van der Waals surface area contributed by atoms with Gasteiger partial charge in [-0.1, -0.05) is 37.3 Å². The van der Waals surface area contributed by atoms with Crippen LogP contribution in [0.1, 0.15) is 32.3 Å². The van der Waals surface area contributed by atoms with E-state index in [0.717, 1.165) is 18.6 Å². The summed E-state index contributed by atoms with van der Waals surface area (Å²) in [6, 6.07) is 17.2. The molecule has 2 amide bonds. The number of rotatable bonds is 8. The standard InChI is InChI=1S/C22H26N2O3/c1-3-13-27-19-11-9-18(10-12-19)24-21(25)15-20(22(24)26)23-16(2)14-17-7-5-4-6-8-17/h4-12,16,20,23H,3,13-15H2,1-2H3/p+1/t16-,20-/m0/s1. The monoisotopic (exact) mass is 367 g/mol. The quantitative estimate of drug-likeness (QED) is 0.728. The van der Waals surface area contributed by atoms with Crippen molar-refractivity contribution in [2.75, 3.05) is 11.5 Å². The number of anilines is 1. The summed E-state index contributed by atoms with van der Waals surface area (Å²) in [5.41, 5.74) is 1.85. The third-order valence-corrected chi connectivity index (χ3v) is 4.71. The Morgan fingerprint density at radius 1 is 1.11 bits per heavy atom. The maximum atomic E-state index is 12.8. The molecule has 0 saturated carbocycles. The average molecular weight is 367 g/mol. The van der Waals surface area contributed by atoms with Gasteiger partial charge in [-0.05, 0) is 43.2 Å². The summed E-state index contributed by atoms with van der Waals surface area (Å²) in [6.45, 7) is 4.79. The molecule has 5 nitrogen and oxygen atoms in total. The van der Waals surface area contributed by atoms with Gasteiger partial charge in [0.1, 0.15) is 5.75 Å². The van der Waals surface area contributed by atoms with Crippen molar-refractivity contribution in [2.45, 2.75) is 45.2 Å². The zero-order valence-corrected chi connectivity index (χ0v) is 15.9. The number of ether oxygens (including phenoxy) is 1. The molecule has 0 unspecified atom stereocenters. The normalized spacial score (nSPS) is 18.0. The molecule has 1 aliphatic heterocycles. The lowest BCUT2D eigenvalue weighted by atomic mass is 10.1. The van der Waals surface area contributed by atoms with Gasteiger partial charge < -0.3 is 10.1 Å². The first-order chi connectivity index (χ1) is 13.1. The summed E-state index contributed by atoms with van der Waals surface area (Å²) in [5, 5.41) is 2.02. The number of carbonyl (C=O) groups excluding carboxylic acids is 2. The van der Waals surface area contributed by atoms with E-state index in [0.29, 0.717) is 12.3 Å². The molecule has 142 valence electrons. The maximum Gasteiger partial charge on any atom is 0.292 e. The summed E-state index contributed by atoms with van der Waals surface area (Å²) in [6.07, 6.45) is 2.04. The van der Waals surface area contributed by atoms with Crippen molar-refractivity contribution in [2.24, 2.45) is 0 Å². The highest BCUT2D eigenvalue weighted by atomic mass is 16.5. The highest BCUT2D eigenvalue weighted by Gasteiger charge is 2.42. The van der Waals surface area contributed by atoms with Crippen LogP contribution < -0.4 is 15.0 Å². The van der Waals surface area contributed by atoms with Crippen molar-refractivity contribution in [3.8, 4) is 5.75 Å². The molecule has 1 heterocycles. The number of hydrogen-bond acceptors (Lipinski definition) is 3. The lowest BCUT2D eigenvalue weighted by molar-refractivity contribution is -0.704. The Morgan fingerprint density at radius 3 is 2.48 bits per heavy atom. The molecule has 1 saturated heterocycles. The van der Waals surface area contributed by atoms with Gasteiger partial charge in [-0.25, -0.2) is 4.90 Å². The number of quaternary nitrogens is 1. The van der Waals surface area contributed by atoms with Gasteiger partial charge in [-0.2, -0.15) is 0 Å². The maximum absolute atomic E-state index is 12.8. The minimum Gasteiger partial charge on any atom is -0.494 e. The fourth-order valence-electron chi connectivity index (χ4n) is 3.44. The van der Waals surface area contributed by atoms with Crippen LogP contribution in [0, 0.1) is 0 Å². The molecule has 0 radical (unpaired) electrons. The van der Waals surface area contributed by atoms with Gasteiger partial charge in [0.25, 0.3) is 5.91 Å². The lowest BCUT2D eigenvalue weighted by Crippen LogP contribution is -2.96. The zero-order valence-electron chi connectivity index (χ0n) is 15.9. The molecule has 0 bridgehead atoms. The minimum atomic E-state index is -0.354. The van der Waals surface area contributed by atoms with E-state index in [1.54, 1.807) is 24.3 Å². The van der Waals surface area contributed by atoms with E-state index in [4.69, 9.17) is 4.74 Å². The summed E-state index contributed by atoms with van der Waals surface area (Å²) >= 11 is 0. The van der Waals surface area contributed by atoms with Crippen LogP contribution in [0.15, 0.2) is 54.6 Å². The molecule has 2 N–H and O–H groups in total. The fourth-order valence-corrected chi connectivity index (χ4v) is 3.44. The van der Waals surface area contributed by atoms with Crippen molar-refractivity contribution in [1.29, 1.82) is 0 Å². The van der Waals surface area contributed by atoms with Gasteiger partial charge in [-0.3, -0.25) is 9.59 Å². The molecule has 2 aromatic carbocycles. The van der Waals surface area contributed by atoms with Crippen LogP contribution in [0.25, 0.3) is 0 Å². The van der Waals surface area contributed by atoms with Gasteiger partial charge in [0.05, 0.1) is 24.8 Å². The van der Waals surface area contributed by atoms with E-state index >= 15 is 0 Å². The number of imide groups is 1. The van der Waals surface area contributed by atoms with Crippen molar-refractivity contribution in [1.82, 2.24) is 0 Å². The molecule has 2 aromatic rings. The van der Waals surface area contributed by atoms with Crippen LogP contribution in [0.3, 0.4) is 0 Å². The van der Waals surface area contributed by atoms with E-state index in [-0.39, 0.29) is 30.3 Å². The van der Waals surface area contributed by atoms with Crippen LogP contribution >= 0.6 is 0 Å². The summed E-state index contributed by atoms with van der Waals surface area (Å²) in [5.74, 6) is 0.469. The molecule has 5 heteroatoms. The predicted octanol–water partition coefficient (Wildman–Crippen LogP) is 2.30. The molecule has 3 rings (SSSR count). The SMILES string of the molecule is CCCOc1ccc(N2C(=O)C[C@H]([NH2+][C@@H](C)Cc3ccccc3)C2=O)cc1. The summed E-state index contributed by atoms with van der Waals surface area (Å²) in [7, 11) is 0. The van der Waals surface area contributed by atoms with Gasteiger partial charge in [0.2, 0.25) is 5.91 Å². The van der Waals surface area contributed by atoms with Gasteiger partial charge in [0.15, 0.2) is 6.04 Å². The molecule has 0 aliphatic carbocycles. The predicted molar refractivity (Wildman–Crippen MR) is 105 cm³/mol. The first kappa shape index (κ1) is 19.1. The van der Waals surface area contributed by atoms with E-state index in [9.17, 15) is 9.59 Å². The second-order valence-corrected chi connectivity index (χ2v) is 7.08. The van der Waals surface area contributed by atoms with Crippen LogP contribution in [0.2, 0.25) is 0 Å². The number of benzene rings is 2. The minimum absolute atomic E-state index is 0.137. The molecule has 1 aliphatic rings. The first-order valence-corrected chi connectivity index (χ1v) is 9.57. The van der Waals surface area contributed by atoms with Gasteiger partial charge in [-0.15, -0.1) is 0 Å². The molecular weight excluding hydrogens is 340 g/mol. The molecule has 0 aromatic heterocycles. The smallest absolute Gasteiger partial charge is 0.292 e. The van der Waals surface area contributed by atoms with Gasteiger partial charge in [0, 0.05) is 6.42 Å². The largest absolute Gasteiger partial charge is 0.494 e. The average Bonchev–Trinajstić information content (AvgIpc) is 2.94. The Labute approximate surface area is 160 Å². The lowest BCUT2D eigenvalue weighted by Gasteiger charge is -2.17. The van der Waals surface area contributed by atoms with Crippen LogP contribution in [0.5, 0.6) is 5.75 Å². The van der Waals surface area contributed by atoms with E-state index < -0.39 is 0 Å². The Morgan fingerprint density at radius 2 is 1.81 bits per heavy atom. The number of amides is 2. The fraction of sp³-hybridized carbons (Fsp3) is 0.364. The second kappa shape index (κ2) is 8.82. The van der Waals surface area contributed by atoms with Crippen molar-refractivity contribution < 1.29 is 19.6 Å². The topological polar surface area (TPSA) is 63.2 Å². The highest BCUT2D eigenvalue weighted by Crippen LogP contribution is 2.24. The number of nitrogens with zero attached hydrogens (tertiary/aromatic N) is 1. The highest BCUT2D eigenvalue weighted by molar-refractivity contribution is 6.21. The summed E-state index contributed by atoms with van der Waals surface area (Å²) < 4.78 is 5.56. The summed E-state index contributed by atoms with van der Waals surface area (Å²) in [4.78, 5) is 26.6. The first-order valence-electron chi connectivity index (χ1n) is 9.57. The van der Waals surface area contributed by atoms with Crippen LogP contribution in [-0.2, 0) is 16.0 Å². The third-order valence-electron chi connectivity index (χ3n) is 4.71. The Bertz CT molecular complexity index is 774. The van der Waals surface area contributed by atoms with Crippen LogP contribution in [0.4, 0.5) is 5.69 Å². The Balaban J connectivity index is 1.62. The van der Waals surface area contributed by atoms with Crippen molar-refractivity contribution in [3.63, 3.8) is 0 Å². The van der Waals surface area contributed by atoms with E-state index in [1.165, 1.54) is 10.5 Å². The van der Waals surface area contributed by atoms with E-state index in [2.05, 4.69) is 19.1 Å². The van der Waals surface area contributed by atoms with Gasteiger partial charge >= 0.3 is 0 Å². The van der Waals surface area contributed by atoms with Crippen molar-refractivity contribution in [3.05, 3.63) is 60.2 Å². The third kappa shape index (κ3) is 4.74. The molecule has 27 heavy (non-hydrogen) atoms.